The molecule has 2 nitrogen and oxygen atoms in total. The molecule has 2 fully saturated rings. The van der Waals surface area contributed by atoms with Crippen LogP contribution >= 0.6 is 0 Å². The van der Waals surface area contributed by atoms with Crippen molar-refractivity contribution in [1.29, 1.82) is 0 Å². The van der Waals surface area contributed by atoms with Crippen LogP contribution < -0.4 is 0 Å². The maximum absolute atomic E-state index is 11.6. The van der Waals surface area contributed by atoms with Crippen LogP contribution in [-0.2, 0) is 4.79 Å². The van der Waals surface area contributed by atoms with Crippen LogP contribution in [0.1, 0.15) is 58.8 Å². The van der Waals surface area contributed by atoms with Crippen molar-refractivity contribution in [1.82, 2.24) is 0 Å². The van der Waals surface area contributed by atoms with Gasteiger partial charge in [-0.25, -0.2) is 0 Å². The van der Waals surface area contributed by atoms with Crippen LogP contribution in [0.4, 0.5) is 0 Å². The molecular weight excluding hydrogens is 212 g/mol. The third-order valence-corrected chi connectivity index (χ3v) is 4.74. The molecule has 0 spiro atoms. The van der Waals surface area contributed by atoms with E-state index in [1.807, 2.05) is 0 Å². The number of hydrogen-bond donors (Lipinski definition) is 1. The maximum Gasteiger partial charge on any atom is 0.133 e. The van der Waals surface area contributed by atoms with E-state index in [1.54, 1.807) is 0 Å². The van der Waals surface area contributed by atoms with Gasteiger partial charge in [-0.15, -0.1) is 0 Å². The Morgan fingerprint density at radius 2 is 2.24 bits per heavy atom. The van der Waals surface area contributed by atoms with Crippen molar-refractivity contribution in [2.75, 3.05) is 0 Å². The van der Waals surface area contributed by atoms with Gasteiger partial charge in [0.05, 0.1) is 6.10 Å². The van der Waals surface area contributed by atoms with Gasteiger partial charge in [-0.2, -0.15) is 0 Å². The van der Waals surface area contributed by atoms with Gasteiger partial charge in [0.1, 0.15) is 5.78 Å². The number of hydrogen-bond acceptors (Lipinski definition) is 2. The first-order valence-electron chi connectivity index (χ1n) is 6.88. The molecule has 3 atom stereocenters. The smallest absolute Gasteiger partial charge is 0.133 e. The molecule has 0 aromatic carbocycles. The van der Waals surface area contributed by atoms with E-state index in [1.165, 1.54) is 5.57 Å². The average Bonchev–Trinajstić information content (AvgIpc) is 2.27. The van der Waals surface area contributed by atoms with E-state index in [0.717, 1.165) is 32.1 Å². The summed E-state index contributed by atoms with van der Waals surface area (Å²) in [6, 6.07) is 0. The molecule has 0 amide bonds. The molecule has 2 rings (SSSR count). The zero-order chi connectivity index (χ0) is 12.5. The van der Waals surface area contributed by atoms with Gasteiger partial charge in [0, 0.05) is 18.3 Å². The first kappa shape index (κ1) is 12.8. The van der Waals surface area contributed by atoms with Crippen LogP contribution in [0.3, 0.4) is 0 Å². The molecule has 0 unspecified atom stereocenters. The van der Waals surface area contributed by atoms with E-state index in [4.69, 9.17) is 0 Å². The highest BCUT2D eigenvalue weighted by molar-refractivity contribution is 5.79. The number of Topliss-reactive ketones (excluding diaryl/α,β-unsaturated/α-hetero) is 1. The second-order valence-corrected chi connectivity index (χ2v) is 6.11. The molecule has 0 aromatic heterocycles. The third-order valence-electron chi connectivity index (χ3n) is 4.74. The largest absolute Gasteiger partial charge is 0.393 e. The van der Waals surface area contributed by atoms with Crippen LogP contribution in [-0.4, -0.2) is 17.0 Å². The molecule has 0 heterocycles. The van der Waals surface area contributed by atoms with Crippen LogP contribution in [0.2, 0.25) is 0 Å². The number of fused-ring (bicyclic) bond motifs is 1. The minimum Gasteiger partial charge on any atom is -0.393 e. The summed E-state index contributed by atoms with van der Waals surface area (Å²) in [5.41, 5.74) is 1.32. The van der Waals surface area contributed by atoms with Crippen molar-refractivity contribution in [3.63, 3.8) is 0 Å². The minimum atomic E-state index is -0.204. The van der Waals surface area contributed by atoms with Crippen molar-refractivity contribution in [2.45, 2.75) is 64.9 Å². The van der Waals surface area contributed by atoms with E-state index < -0.39 is 0 Å². The van der Waals surface area contributed by atoms with Crippen LogP contribution in [0.25, 0.3) is 0 Å². The highest BCUT2D eigenvalue weighted by Gasteiger charge is 2.48. The number of allylic oxidation sites excluding steroid dienone is 2. The van der Waals surface area contributed by atoms with E-state index in [9.17, 15) is 9.90 Å². The molecule has 17 heavy (non-hydrogen) atoms. The molecule has 1 N–H and O–H groups in total. The molecule has 96 valence electrons. The van der Waals surface area contributed by atoms with Crippen molar-refractivity contribution in [2.24, 2.45) is 11.3 Å². The topological polar surface area (TPSA) is 37.3 Å². The van der Waals surface area contributed by atoms with Crippen molar-refractivity contribution in [3.05, 3.63) is 11.6 Å². The fourth-order valence-corrected chi connectivity index (χ4v) is 3.63. The van der Waals surface area contributed by atoms with Gasteiger partial charge in [0.2, 0.25) is 0 Å². The lowest BCUT2D eigenvalue weighted by atomic mass is 9.56. The highest BCUT2D eigenvalue weighted by atomic mass is 16.3. The number of carbonyl (C=O) groups excluding carboxylic acids is 1. The van der Waals surface area contributed by atoms with Gasteiger partial charge in [-0.3, -0.25) is 4.79 Å². The third kappa shape index (κ3) is 2.47. The Morgan fingerprint density at radius 3 is 2.94 bits per heavy atom. The summed E-state index contributed by atoms with van der Waals surface area (Å²) in [6.45, 7) is 4.21. The molecular formula is C15H24O2. The lowest BCUT2D eigenvalue weighted by molar-refractivity contribution is -0.133. The lowest BCUT2D eigenvalue weighted by Crippen LogP contribution is -2.48. The van der Waals surface area contributed by atoms with Crippen LogP contribution in [0.15, 0.2) is 11.6 Å². The molecule has 2 aliphatic carbocycles. The Balaban J connectivity index is 2.22. The van der Waals surface area contributed by atoms with Gasteiger partial charge in [0.25, 0.3) is 0 Å². The van der Waals surface area contributed by atoms with Crippen LogP contribution in [0.5, 0.6) is 0 Å². The summed E-state index contributed by atoms with van der Waals surface area (Å²) < 4.78 is 0. The average molecular weight is 236 g/mol. The number of ketones is 1. The monoisotopic (exact) mass is 236 g/mol. The highest BCUT2D eigenvalue weighted by Crippen LogP contribution is 2.52. The first-order valence-corrected chi connectivity index (χ1v) is 6.88. The Bertz CT molecular complexity index is 328. The maximum atomic E-state index is 11.6. The Hall–Kier alpha value is -0.630. The summed E-state index contributed by atoms with van der Waals surface area (Å²) in [7, 11) is 0. The molecule has 2 heteroatoms. The first-order chi connectivity index (χ1) is 8.04. The second-order valence-electron chi connectivity index (χ2n) is 6.11. The lowest BCUT2D eigenvalue weighted by Gasteiger charge is -2.50. The molecule has 0 aliphatic heterocycles. The minimum absolute atomic E-state index is 0.00340. The fraction of sp³-hybridized carbons (Fsp3) is 0.800. The standard InChI is InChI=1S/C15H24O2/c1-11(2)6-8-15-9-7-13(16)10-12(15)4-3-5-14(15)17/h6,12,14,17H,3-5,7-10H2,1-2H3/t12-,14-,15-/m1/s1. The van der Waals surface area contributed by atoms with E-state index in [0.29, 0.717) is 24.5 Å². The molecule has 0 radical (unpaired) electrons. The normalized spacial score (nSPS) is 37.5. The van der Waals surface area contributed by atoms with Crippen molar-refractivity contribution < 1.29 is 9.90 Å². The molecule has 0 bridgehead atoms. The van der Waals surface area contributed by atoms with Gasteiger partial charge < -0.3 is 5.11 Å². The van der Waals surface area contributed by atoms with Gasteiger partial charge >= 0.3 is 0 Å². The summed E-state index contributed by atoms with van der Waals surface area (Å²) in [6.07, 6.45) is 8.38. The summed E-state index contributed by atoms with van der Waals surface area (Å²) in [5, 5.41) is 10.4. The Morgan fingerprint density at radius 1 is 1.47 bits per heavy atom. The number of aliphatic hydroxyl groups is 1. The quantitative estimate of drug-likeness (QED) is 0.747. The molecule has 0 aromatic rings. The number of aliphatic hydroxyl groups excluding tert-OH is 1. The number of rotatable bonds is 2. The van der Waals surface area contributed by atoms with Gasteiger partial charge in [0.15, 0.2) is 0 Å². The summed E-state index contributed by atoms with van der Waals surface area (Å²) >= 11 is 0. The van der Waals surface area contributed by atoms with E-state index >= 15 is 0 Å². The summed E-state index contributed by atoms with van der Waals surface area (Å²) in [4.78, 5) is 11.6. The second kappa shape index (κ2) is 4.93. The Kier molecular flexibility index (Phi) is 3.72. The molecule has 2 saturated carbocycles. The number of carbonyl (C=O) groups is 1. The fourth-order valence-electron chi connectivity index (χ4n) is 3.63. The SMILES string of the molecule is CC(C)=CC[C@@]12CCC(=O)C[C@H]1CCC[C@H]2O. The van der Waals surface area contributed by atoms with E-state index in [-0.39, 0.29) is 11.5 Å². The van der Waals surface area contributed by atoms with Crippen molar-refractivity contribution >= 4 is 5.78 Å². The summed E-state index contributed by atoms with van der Waals surface area (Å²) in [5.74, 6) is 0.819. The van der Waals surface area contributed by atoms with Gasteiger partial charge in [-0.1, -0.05) is 18.1 Å². The predicted molar refractivity (Wildman–Crippen MR) is 68.7 cm³/mol. The van der Waals surface area contributed by atoms with Crippen LogP contribution in [0, 0.1) is 11.3 Å². The zero-order valence-corrected chi connectivity index (χ0v) is 11.0. The predicted octanol–water partition coefficient (Wildman–Crippen LogP) is 3.24. The molecule has 2 aliphatic rings. The van der Waals surface area contributed by atoms with Crippen molar-refractivity contribution in [3.8, 4) is 0 Å². The van der Waals surface area contributed by atoms with Gasteiger partial charge in [-0.05, 0) is 45.4 Å². The molecule has 0 saturated heterocycles. The zero-order valence-electron chi connectivity index (χ0n) is 11.0. The van der Waals surface area contributed by atoms with E-state index in [2.05, 4.69) is 19.9 Å². The Labute approximate surface area is 104 Å².